The molecule has 1 N–H and O–H groups in total. The Morgan fingerprint density at radius 3 is 2.82 bits per heavy atom. The van der Waals surface area contributed by atoms with Gasteiger partial charge in [-0.25, -0.2) is 0 Å². The number of carbonyl (C=O) groups excluding carboxylic acids is 1. The lowest BCUT2D eigenvalue weighted by molar-refractivity contribution is -0.115. The summed E-state index contributed by atoms with van der Waals surface area (Å²) in [7, 11) is 0. The van der Waals surface area contributed by atoms with Crippen molar-refractivity contribution in [1.29, 1.82) is 0 Å². The summed E-state index contributed by atoms with van der Waals surface area (Å²) in [5, 5.41) is 3.37. The number of nitrogens with zero attached hydrogens (tertiary/aromatic N) is 1. The first kappa shape index (κ1) is 11.6. The molecular formula is C13H11ClN2O. The predicted octanol–water partition coefficient (Wildman–Crippen LogP) is 2.92. The zero-order chi connectivity index (χ0) is 12.1. The zero-order valence-electron chi connectivity index (χ0n) is 9.06. The van der Waals surface area contributed by atoms with Gasteiger partial charge in [0.25, 0.3) is 0 Å². The first-order valence-electron chi connectivity index (χ1n) is 5.19. The van der Waals surface area contributed by atoms with Crippen LogP contribution in [0.4, 0.5) is 5.69 Å². The molecule has 0 aliphatic carbocycles. The van der Waals surface area contributed by atoms with E-state index in [1.54, 1.807) is 30.5 Å². The Hall–Kier alpha value is -1.87. The van der Waals surface area contributed by atoms with Gasteiger partial charge in [-0.3, -0.25) is 9.78 Å². The number of carbonyl (C=O) groups is 1. The lowest BCUT2D eigenvalue weighted by Gasteiger charge is -2.04. The minimum atomic E-state index is -0.106. The van der Waals surface area contributed by atoms with Crippen LogP contribution >= 0.6 is 11.6 Å². The molecule has 1 amide bonds. The average Bonchev–Trinajstić information content (AvgIpc) is 2.30. The van der Waals surface area contributed by atoms with E-state index in [0.717, 1.165) is 5.69 Å². The summed E-state index contributed by atoms with van der Waals surface area (Å²) in [6.07, 6.45) is 1.93. The van der Waals surface area contributed by atoms with Gasteiger partial charge in [0.05, 0.1) is 6.42 Å². The SMILES string of the molecule is O=C(Cc1ccccn1)Nc1cccc(Cl)c1. The van der Waals surface area contributed by atoms with Gasteiger partial charge in [-0.1, -0.05) is 23.7 Å². The van der Waals surface area contributed by atoms with Crippen LogP contribution in [0.3, 0.4) is 0 Å². The number of hydrogen-bond acceptors (Lipinski definition) is 2. The molecule has 4 heteroatoms. The van der Waals surface area contributed by atoms with Crippen molar-refractivity contribution in [2.75, 3.05) is 5.32 Å². The molecule has 0 bridgehead atoms. The molecular weight excluding hydrogens is 236 g/mol. The summed E-state index contributed by atoms with van der Waals surface area (Å²) < 4.78 is 0. The quantitative estimate of drug-likeness (QED) is 0.905. The lowest BCUT2D eigenvalue weighted by atomic mass is 10.2. The van der Waals surface area contributed by atoms with Gasteiger partial charge in [-0.15, -0.1) is 0 Å². The average molecular weight is 247 g/mol. The normalized spacial score (nSPS) is 9.94. The van der Waals surface area contributed by atoms with Crippen molar-refractivity contribution in [3.63, 3.8) is 0 Å². The number of rotatable bonds is 3. The van der Waals surface area contributed by atoms with Gasteiger partial charge >= 0.3 is 0 Å². The maximum absolute atomic E-state index is 11.7. The van der Waals surface area contributed by atoms with E-state index in [0.29, 0.717) is 10.7 Å². The maximum atomic E-state index is 11.7. The van der Waals surface area contributed by atoms with Gasteiger partial charge in [0.15, 0.2) is 0 Å². The highest BCUT2D eigenvalue weighted by atomic mass is 35.5. The van der Waals surface area contributed by atoms with Crippen LogP contribution < -0.4 is 5.32 Å². The summed E-state index contributed by atoms with van der Waals surface area (Å²) in [6.45, 7) is 0. The first-order valence-corrected chi connectivity index (χ1v) is 5.57. The summed E-state index contributed by atoms with van der Waals surface area (Å²) >= 11 is 5.82. The molecule has 0 fully saturated rings. The fourth-order valence-corrected chi connectivity index (χ4v) is 1.63. The molecule has 0 atom stereocenters. The van der Waals surface area contributed by atoms with Crippen molar-refractivity contribution in [3.05, 3.63) is 59.4 Å². The van der Waals surface area contributed by atoms with E-state index in [2.05, 4.69) is 10.3 Å². The highest BCUT2D eigenvalue weighted by Gasteiger charge is 2.04. The second kappa shape index (κ2) is 5.46. The number of nitrogens with one attached hydrogen (secondary N) is 1. The first-order chi connectivity index (χ1) is 8.24. The third-order valence-electron chi connectivity index (χ3n) is 2.18. The highest BCUT2D eigenvalue weighted by molar-refractivity contribution is 6.30. The van der Waals surface area contributed by atoms with Crippen LogP contribution in [0.1, 0.15) is 5.69 Å². The molecule has 2 rings (SSSR count). The van der Waals surface area contributed by atoms with Crippen LogP contribution in [0.15, 0.2) is 48.7 Å². The molecule has 1 heterocycles. The molecule has 1 aromatic heterocycles. The third-order valence-corrected chi connectivity index (χ3v) is 2.41. The molecule has 0 aliphatic rings. The number of halogens is 1. The van der Waals surface area contributed by atoms with Crippen molar-refractivity contribution in [3.8, 4) is 0 Å². The van der Waals surface area contributed by atoms with Gasteiger partial charge in [0, 0.05) is 22.6 Å². The molecule has 0 aliphatic heterocycles. The van der Waals surface area contributed by atoms with Crippen LogP contribution in [0.5, 0.6) is 0 Å². The number of amides is 1. The Morgan fingerprint density at radius 2 is 2.12 bits per heavy atom. The smallest absolute Gasteiger partial charge is 0.230 e. The van der Waals surface area contributed by atoms with Gasteiger partial charge in [0.2, 0.25) is 5.91 Å². The highest BCUT2D eigenvalue weighted by Crippen LogP contribution is 2.14. The number of hydrogen-bond donors (Lipinski definition) is 1. The van der Waals surface area contributed by atoms with E-state index in [4.69, 9.17) is 11.6 Å². The number of pyridine rings is 1. The van der Waals surface area contributed by atoms with Gasteiger partial charge in [-0.05, 0) is 30.3 Å². The van der Waals surface area contributed by atoms with Crippen LogP contribution in [-0.4, -0.2) is 10.9 Å². The monoisotopic (exact) mass is 246 g/mol. The van der Waals surface area contributed by atoms with Crippen molar-refractivity contribution < 1.29 is 4.79 Å². The third kappa shape index (κ3) is 3.57. The van der Waals surface area contributed by atoms with Crippen LogP contribution in [0.25, 0.3) is 0 Å². The van der Waals surface area contributed by atoms with Crippen LogP contribution in [0, 0.1) is 0 Å². The fourth-order valence-electron chi connectivity index (χ4n) is 1.44. The van der Waals surface area contributed by atoms with E-state index < -0.39 is 0 Å². The Morgan fingerprint density at radius 1 is 1.24 bits per heavy atom. The minimum Gasteiger partial charge on any atom is -0.326 e. The lowest BCUT2D eigenvalue weighted by Crippen LogP contribution is -2.14. The van der Waals surface area contributed by atoms with E-state index in [1.807, 2.05) is 18.2 Å². The summed E-state index contributed by atoms with van der Waals surface area (Å²) in [4.78, 5) is 15.8. The van der Waals surface area contributed by atoms with Crippen LogP contribution in [-0.2, 0) is 11.2 Å². The Bertz CT molecular complexity index is 514. The second-order valence-electron chi connectivity index (χ2n) is 3.56. The van der Waals surface area contributed by atoms with Gasteiger partial charge in [0.1, 0.15) is 0 Å². The molecule has 86 valence electrons. The summed E-state index contributed by atoms with van der Waals surface area (Å²) in [6, 6.07) is 12.5. The number of anilines is 1. The predicted molar refractivity (Wildman–Crippen MR) is 68.0 cm³/mol. The molecule has 0 saturated heterocycles. The molecule has 0 unspecified atom stereocenters. The molecule has 0 saturated carbocycles. The molecule has 3 nitrogen and oxygen atoms in total. The standard InChI is InChI=1S/C13H11ClN2O/c14-10-4-3-6-12(8-10)16-13(17)9-11-5-1-2-7-15-11/h1-8H,9H2,(H,16,17). The van der Waals surface area contributed by atoms with Crippen molar-refractivity contribution >= 4 is 23.2 Å². The number of aromatic nitrogens is 1. The van der Waals surface area contributed by atoms with Crippen LogP contribution in [0.2, 0.25) is 5.02 Å². The second-order valence-corrected chi connectivity index (χ2v) is 3.99. The van der Waals surface area contributed by atoms with E-state index in [1.165, 1.54) is 0 Å². The summed E-state index contributed by atoms with van der Waals surface area (Å²) in [5.41, 5.74) is 1.44. The Labute approximate surface area is 104 Å². The van der Waals surface area contributed by atoms with E-state index >= 15 is 0 Å². The van der Waals surface area contributed by atoms with Gasteiger partial charge in [-0.2, -0.15) is 0 Å². The largest absolute Gasteiger partial charge is 0.326 e. The topological polar surface area (TPSA) is 42.0 Å². The van der Waals surface area contributed by atoms with Gasteiger partial charge < -0.3 is 5.32 Å². The Kier molecular flexibility index (Phi) is 3.73. The zero-order valence-corrected chi connectivity index (χ0v) is 9.82. The molecule has 2 aromatic rings. The molecule has 1 aromatic carbocycles. The maximum Gasteiger partial charge on any atom is 0.230 e. The Balaban J connectivity index is 1.98. The summed E-state index contributed by atoms with van der Waals surface area (Å²) in [5.74, 6) is -0.106. The van der Waals surface area contributed by atoms with Crippen molar-refractivity contribution in [2.24, 2.45) is 0 Å². The number of benzene rings is 1. The van der Waals surface area contributed by atoms with E-state index in [9.17, 15) is 4.79 Å². The molecule has 0 radical (unpaired) electrons. The van der Waals surface area contributed by atoms with Crippen molar-refractivity contribution in [2.45, 2.75) is 6.42 Å². The minimum absolute atomic E-state index is 0.106. The van der Waals surface area contributed by atoms with Crippen molar-refractivity contribution in [1.82, 2.24) is 4.98 Å². The van der Waals surface area contributed by atoms with E-state index in [-0.39, 0.29) is 12.3 Å². The molecule has 0 spiro atoms. The molecule has 17 heavy (non-hydrogen) atoms. The fraction of sp³-hybridized carbons (Fsp3) is 0.0769.